The summed E-state index contributed by atoms with van der Waals surface area (Å²) < 4.78 is 24.7. The fraction of sp³-hybridized carbons (Fsp3) is 0.207. The number of carbonyl (C=O) groups is 3. The number of pyridine rings is 2. The van der Waals surface area contributed by atoms with Gasteiger partial charge in [-0.3, -0.25) is 19.4 Å². The van der Waals surface area contributed by atoms with Gasteiger partial charge in [-0.1, -0.05) is 11.6 Å². The average Bonchev–Trinajstić information content (AvgIpc) is 3.80. The Labute approximate surface area is 244 Å². The lowest BCUT2D eigenvalue weighted by Gasteiger charge is -2.16. The Bertz CT molecular complexity index is 1680. The summed E-state index contributed by atoms with van der Waals surface area (Å²) in [6.45, 7) is -0.235. The molecule has 4 aromatic rings. The number of hydrogen-bond donors (Lipinski definition) is 4. The molecular formula is C29H25ClFN5O6. The predicted molar refractivity (Wildman–Crippen MR) is 152 cm³/mol. The summed E-state index contributed by atoms with van der Waals surface area (Å²) in [7, 11) is 1.48. The van der Waals surface area contributed by atoms with Gasteiger partial charge in [-0.15, -0.1) is 0 Å². The number of aromatic nitrogens is 2. The first-order valence-corrected chi connectivity index (χ1v) is 13.2. The zero-order chi connectivity index (χ0) is 29.9. The summed E-state index contributed by atoms with van der Waals surface area (Å²) in [5.41, 5.74) is 0.0542. The van der Waals surface area contributed by atoms with Gasteiger partial charge >= 0.3 is 0 Å². The minimum atomic E-state index is -1.26. The average molecular weight is 594 g/mol. The third-order valence-corrected chi connectivity index (χ3v) is 6.89. The molecule has 0 unspecified atom stereocenters. The molecule has 216 valence electrons. The second-order valence-corrected chi connectivity index (χ2v) is 9.84. The van der Waals surface area contributed by atoms with E-state index in [1.54, 1.807) is 18.2 Å². The molecule has 0 bridgehead atoms. The molecule has 11 nitrogen and oxygen atoms in total. The molecule has 4 N–H and O–H groups in total. The molecule has 0 atom stereocenters. The number of halogens is 2. The maximum atomic E-state index is 13.2. The van der Waals surface area contributed by atoms with E-state index in [-0.39, 0.29) is 41.1 Å². The van der Waals surface area contributed by atoms with Crippen molar-refractivity contribution in [3.05, 3.63) is 77.3 Å². The highest BCUT2D eigenvalue weighted by molar-refractivity contribution is 6.32. The number of aliphatic hydroxyl groups is 1. The number of aliphatic hydroxyl groups excluding tert-OH is 1. The summed E-state index contributed by atoms with van der Waals surface area (Å²) in [4.78, 5) is 46.9. The first-order chi connectivity index (χ1) is 20.2. The predicted octanol–water partition coefficient (Wildman–Crippen LogP) is 4.30. The standard InChI is InChI=1S/C29H25ClFN5O6/c1-32-25(38)20-13-19-22(14-24(20)41-11-10-37)33-9-6-23(19)42-26-21(30)12-18(15-34-26)36-28(40)29(7-8-29)27(39)35-17-4-2-16(31)3-5-17/h2-6,9,12-15,37H,7-8,10-11H2,1H3,(H,32,38)(H,35,39)(H,36,40). The molecular weight excluding hydrogens is 569 g/mol. The van der Waals surface area contributed by atoms with Gasteiger partial charge in [-0.2, -0.15) is 0 Å². The fourth-order valence-corrected chi connectivity index (χ4v) is 4.42. The van der Waals surface area contributed by atoms with Gasteiger partial charge in [-0.05, 0) is 55.3 Å². The summed E-state index contributed by atoms with van der Waals surface area (Å²) in [5.74, 6) is -1.27. The van der Waals surface area contributed by atoms with E-state index in [4.69, 9.17) is 26.2 Å². The maximum absolute atomic E-state index is 13.2. The zero-order valence-corrected chi connectivity index (χ0v) is 23.0. The van der Waals surface area contributed by atoms with E-state index in [1.807, 2.05) is 0 Å². The van der Waals surface area contributed by atoms with E-state index in [9.17, 15) is 18.8 Å². The highest BCUT2D eigenvalue weighted by Gasteiger charge is 2.56. The van der Waals surface area contributed by atoms with Crippen molar-refractivity contribution in [3.8, 4) is 17.4 Å². The van der Waals surface area contributed by atoms with E-state index in [0.29, 0.717) is 35.2 Å². The minimum Gasteiger partial charge on any atom is -0.490 e. The number of carbonyl (C=O) groups excluding carboxylic acids is 3. The summed E-state index contributed by atoms with van der Waals surface area (Å²) >= 11 is 6.44. The molecule has 2 aromatic carbocycles. The molecule has 0 saturated heterocycles. The quantitative estimate of drug-likeness (QED) is 0.199. The van der Waals surface area contributed by atoms with Crippen LogP contribution in [0.3, 0.4) is 0 Å². The van der Waals surface area contributed by atoms with E-state index in [1.165, 1.54) is 49.8 Å². The van der Waals surface area contributed by atoms with E-state index >= 15 is 0 Å². The molecule has 13 heteroatoms. The van der Waals surface area contributed by atoms with Crippen LogP contribution in [0.2, 0.25) is 5.02 Å². The monoisotopic (exact) mass is 593 g/mol. The van der Waals surface area contributed by atoms with Gasteiger partial charge in [0.25, 0.3) is 5.91 Å². The van der Waals surface area contributed by atoms with Crippen molar-refractivity contribution < 1.29 is 33.4 Å². The van der Waals surface area contributed by atoms with Crippen LogP contribution in [0.4, 0.5) is 15.8 Å². The smallest absolute Gasteiger partial charge is 0.254 e. The molecule has 5 rings (SSSR count). The highest BCUT2D eigenvalue weighted by Crippen LogP contribution is 2.47. The number of nitrogens with one attached hydrogen (secondary N) is 3. The fourth-order valence-electron chi connectivity index (χ4n) is 4.21. The Hall–Kier alpha value is -4.81. The van der Waals surface area contributed by atoms with Crippen LogP contribution in [-0.4, -0.2) is 53.1 Å². The third-order valence-electron chi connectivity index (χ3n) is 6.62. The Morgan fingerprint density at radius 1 is 1.00 bits per heavy atom. The second-order valence-electron chi connectivity index (χ2n) is 9.44. The Morgan fingerprint density at radius 2 is 1.71 bits per heavy atom. The molecule has 1 aliphatic rings. The van der Waals surface area contributed by atoms with E-state index < -0.39 is 29.0 Å². The molecule has 2 heterocycles. The molecule has 0 spiro atoms. The number of amides is 3. The number of nitrogens with zero attached hydrogens (tertiary/aromatic N) is 2. The van der Waals surface area contributed by atoms with Crippen molar-refractivity contribution >= 4 is 51.6 Å². The van der Waals surface area contributed by atoms with Crippen molar-refractivity contribution in [3.63, 3.8) is 0 Å². The normalized spacial score (nSPS) is 13.2. The SMILES string of the molecule is CNC(=O)c1cc2c(Oc3ncc(NC(=O)C4(C(=O)Nc5ccc(F)cc5)CC4)cc3Cl)ccnc2cc1OCCO. The van der Waals surface area contributed by atoms with Crippen molar-refractivity contribution in [1.82, 2.24) is 15.3 Å². The minimum absolute atomic E-state index is 0.00580. The lowest BCUT2D eigenvalue weighted by atomic mass is 10.0. The number of hydrogen-bond acceptors (Lipinski definition) is 8. The van der Waals surface area contributed by atoms with E-state index in [2.05, 4.69) is 25.9 Å². The number of rotatable bonds is 10. The molecule has 42 heavy (non-hydrogen) atoms. The Balaban J connectivity index is 1.33. The topological polar surface area (TPSA) is 152 Å². The highest BCUT2D eigenvalue weighted by atomic mass is 35.5. The van der Waals surface area contributed by atoms with Crippen LogP contribution < -0.4 is 25.4 Å². The largest absolute Gasteiger partial charge is 0.490 e. The molecule has 1 aliphatic carbocycles. The first kappa shape index (κ1) is 28.7. The van der Waals surface area contributed by atoms with Crippen LogP contribution in [0, 0.1) is 11.2 Å². The number of ether oxygens (including phenoxy) is 2. The Kier molecular flexibility index (Phi) is 8.18. The summed E-state index contributed by atoms with van der Waals surface area (Å²) in [6.07, 6.45) is 3.55. The van der Waals surface area contributed by atoms with Crippen LogP contribution in [0.25, 0.3) is 10.9 Å². The van der Waals surface area contributed by atoms with Crippen LogP contribution >= 0.6 is 11.6 Å². The summed E-state index contributed by atoms with van der Waals surface area (Å²) in [6, 6.07) is 11.4. The molecule has 2 aromatic heterocycles. The third kappa shape index (κ3) is 5.94. The molecule has 3 amide bonds. The lowest BCUT2D eigenvalue weighted by molar-refractivity contribution is -0.131. The number of fused-ring (bicyclic) bond motifs is 1. The number of anilines is 2. The lowest BCUT2D eigenvalue weighted by Crippen LogP contribution is -2.35. The van der Waals surface area contributed by atoms with Crippen molar-refractivity contribution in [2.75, 3.05) is 30.9 Å². The number of benzene rings is 2. The van der Waals surface area contributed by atoms with Gasteiger partial charge < -0.3 is 30.5 Å². The van der Waals surface area contributed by atoms with Crippen molar-refractivity contribution in [2.45, 2.75) is 12.8 Å². The van der Waals surface area contributed by atoms with Gasteiger partial charge in [-0.25, -0.2) is 9.37 Å². The van der Waals surface area contributed by atoms with Gasteiger partial charge in [0.15, 0.2) is 0 Å². The molecule has 0 radical (unpaired) electrons. The van der Waals surface area contributed by atoms with Crippen LogP contribution in [-0.2, 0) is 9.59 Å². The molecule has 0 aliphatic heterocycles. The van der Waals surface area contributed by atoms with Crippen LogP contribution in [0.15, 0.2) is 60.9 Å². The first-order valence-electron chi connectivity index (χ1n) is 12.8. The van der Waals surface area contributed by atoms with E-state index in [0.717, 1.165) is 0 Å². The maximum Gasteiger partial charge on any atom is 0.254 e. The zero-order valence-electron chi connectivity index (χ0n) is 22.2. The summed E-state index contributed by atoms with van der Waals surface area (Å²) in [5, 5.41) is 17.6. The van der Waals surface area contributed by atoms with Gasteiger partial charge in [0.05, 0.1) is 29.6 Å². The molecule has 1 fully saturated rings. The van der Waals surface area contributed by atoms with Gasteiger partial charge in [0.1, 0.15) is 34.4 Å². The van der Waals surface area contributed by atoms with Gasteiger partial charge in [0, 0.05) is 30.4 Å². The van der Waals surface area contributed by atoms with Crippen molar-refractivity contribution in [2.24, 2.45) is 5.41 Å². The second kappa shape index (κ2) is 12.0. The van der Waals surface area contributed by atoms with Crippen molar-refractivity contribution in [1.29, 1.82) is 0 Å². The van der Waals surface area contributed by atoms with Crippen LogP contribution in [0.5, 0.6) is 17.4 Å². The molecule has 1 saturated carbocycles. The van der Waals surface area contributed by atoms with Gasteiger partial charge in [0.2, 0.25) is 17.7 Å². The Morgan fingerprint density at radius 3 is 2.36 bits per heavy atom. The van der Waals surface area contributed by atoms with Crippen LogP contribution in [0.1, 0.15) is 23.2 Å².